The van der Waals surface area contributed by atoms with Gasteiger partial charge in [0.1, 0.15) is 10.5 Å². The molecule has 0 radical (unpaired) electrons. The van der Waals surface area contributed by atoms with E-state index in [1.54, 1.807) is 0 Å². The molecule has 0 unspecified atom stereocenters. The summed E-state index contributed by atoms with van der Waals surface area (Å²) in [6.45, 7) is 0.265. The van der Waals surface area contributed by atoms with Crippen LogP contribution in [0, 0.1) is 0 Å². The molecule has 1 aliphatic rings. The second kappa shape index (κ2) is 5.57. The number of fused-ring (bicyclic) bond motifs is 1. The number of nitrogens with zero attached hydrogens (tertiary/aromatic N) is 2. The minimum atomic E-state index is -0.377. The molecule has 3 heterocycles. The van der Waals surface area contributed by atoms with Crippen molar-refractivity contribution < 1.29 is 9.59 Å². The second-order valence-corrected chi connectivity index (χ2v) is 6.30. The predicted octanol–water partition coefficient (Wildman–Crippen LogP) is 1.70. The van der Waals surface area contributed by atoms with Gasteiger partial charge in [-0.15, -0.1) is 11.3 Å². The Morgan fingerprint density at radius 1 is 1.12 bits per heavy atom. The third-order valence-electron chi connectivity index (χ3n) is 3.82. The highest BCUT2D eigenvalue weighted by Gasteiger charge is 2.28. The fourth-order valence-electron chi connectivity index (χ4n) is 2.58. The van der Waals surface area contributed by atoms with Crippen LogP contribution in [-0.4, -0.2) is 33.4 Å². The molecule has 1 fully saturated rings. The Morgan fingerprint density at radius 3 is 2.62 bits per heavy atom. The largest absolute Gasteiger partial charge is 0.329 e. The number of thiophene rings is 1. The third-order valence-corrected chi connectivity index (χ3v) is 4.72. The zero-order valence-corrected chi connectivity index (χ0v) is 13.2. The van der Waals surface area contributed by atoms with Crippen LogP contribution in [0.2, 0.25) is 0 Å². The number of H-pyrrole nitrogens is 1. The molecule has 3 amide bonds. The molecule has 8 heteroatoms. The molecule has 2 N–H and O–H groups in total. The van der Waals surface area contributed by atoms with Crippen LogP contribution in [0.4, 0.5) is 4.79 Å². The topological polar surface area (TPSA) is 95.2 Å². The van der Waals surface area contributed by atoms with Crippen LogP contribution in [-0.2, 0) is 11.3 Å². The molecule has 0 spiro atoms. The first-order chi connectivity index (χ1) is 11.6. The molecule has 4 rings (SSSR count). The van der Waals surface area contributed by atoms with Crippen molar-refractivity contribution in [3.05, 3.63) is 51.6 Å². The molecular weight excluding hydrogens is 328 g/mol. The fourth-order valence-corrected chi connectivity index (χ4v) is 3.30. The first kappa shape index (κ1) is 14.6. The molecule has 3 aromatic rings. The molecule has 0 saturated carbocycles. The normalized spacial score (nSPS) is 14.4. The maximum absolute atomic E-state index is 12.0. The molecule has 1 saturated heterocycles. The van der Waals surface area contributed by atoms with Crippen LogP contribution in [0.5, 0.6) is 0 Å². The summed E-state index contributed by atoms with van der Waals surface area (Å²) in [4.78, 5) is 43.6. The highest BCUT2D eigenvalue weighted by atomic mass is 32.1. The quantitative estimate of drug-likeness (QED) is 0.710. The SMILES string of the molecule is O=C1CNC(=O)N1Cc1ccc(-c2nc3ccsc3c(=O)[nH]2)cc1. The minimum absolute atomic E-state index is 0.0444. The van der Waals surface area contributed by atoms with Gasteiger partial charge in [-0.1, -0.05) is 24.3 Å². The van der Waals surface area contributed by atoms with E-state index in [4.69, 9.17) is 0 Å². The van der Waals surface area contributed by atoms with E-state index in [2.05, 4.69) is 15.3 Å². The van der Waals surface area contributed by atoms with Crippen molar-refractivity contribution in [1.29, 1.82) is 0 Å². The van der Waals surface area contributed by atoms with Crippen LogP contribution >= 0.6 is 11.3 Å². The minimum Gasteiger partial charge on any atom is -0.329 e. The van der Waals surface area contributed by atoms with Crippen LogP contribution < -0.4 is 10.9 Å². The number of nitrogens with one attached hydrogen (secondary N) is 2. The highest BCUT2D eigenvalue weighted by molar-refractivity contribution is 7.17. The molecule has 7 nitrogen and oxygen atoms in total. The van der Waals surface area contributed by atoms with Gasteiger partial charge in [0.25, 0.3) is 5.56 Å². The molecule has 0 atom stereocenters. The Morgan fingerprint density at radius 2 is 1.92 bits per heavy atom. The Hall–Kier alpha value is -3.00. The number of urea groups is 1. The molecule has 2 aromatic heterocycles. The summed E-state index contributed by atoms with van der Waals surface area (Å²) >= 11 is 1.36. The number of imide groups is 1. The van der Waals surface area contributed by atoms with Crippen LogP contribution in [0.1, 0.15) is 5.56 Å². The number of carbonyl (C=O) groups excluding carboxylic acids is 2. The van der Waals surface area contributed by atoms with Crippen molar-refractivity contribution in [2.45, 2.75) is 6.54 Å². The van der Waals surface area contributed by atoms with E-state index in [1.165, 1.54) is 16.2 Å². The smallest absolute Gasteiger partial charge is 0.324 e. The van der Waals surface area contributed by atoms with E-state index in [0.717, 1.165) is 11.1 Å². The number of hydrogen-bond acceptors (Lipinski definition) is 5. The monoisotopic (exact) mass is 340 g/mol. The summed E-state index contributed by atoms with van der Waals surface area (Å²) < 4.78 is 0.605. The summed E-state index contributed by atoms with van der Waals surface area (Å²) in [6, 6.07) is 8.68. The van der Waals surface area contributed by atoms with E-state index >= 15 is 0 Å². The number of hydrogen-bond donors (Lipinski definition) is 2. The highest BCUT2D eigenvalue weighted by Crippen LogP contribution is 2.20. The van der Waals surface area contributed by atoms with E-state index in [9.17, 15) is 14.4 Å². The molecule has 1 aliphatic heterocycles. The van der Waals surface area contributed by atoms with Gasteiger partial charge in [0.2, 0.25) is 5.91 Å². The van der Waals surface area contributed by atoms with Crippen molar-refractivity contribution in [2.75, 3.05) is 6.54 Å². The van der Waals surface area contributed by atoms with E-state index in [1.807, 2.05) is 35.7 Å². The zero-order valence-electron chi connectivity index (χ0n) is 12.4. The molecular formula is C16H12N4O3S. The lowest BCUT2D eigenvalue weighted by Crippen LogP contribution is -2.30. The van der Waals surface area contributed by atoms with Gasteiger partial charge in [-0.2, -0.15) is 0 Å². The lowest BCUT2D eigenvalue weighted by Gasteiger charge is -2.12. The Kier molecular flexibility index (Phi) is 3.39. The molecule has 0 aliphatic carbocycles. The summed E-state index contributed by atoms with van der Waals surface area (Å²) in [7, 11) is 0. The van der Waals surface area contributed by atoms with E-state index in [0.29, 0.717) is 16.0 Å². The van der Waals surface area contributed by atoms with Crippen LogP contribution in [0.3, 0.4) is 0 Å². The van der Waals surface area contributed by atoms with Crippen molar-refractivity contribution in [2.24, 2.45) is 0 Å². The van der Waals surface area contributed by atoms with Gasteiger partial charge in [-0.3, -0.25) is 14.5 Å². The Bertz CT molecular complexity index is 990. The van der Waals surface area contributed by atoms with Gasteiger partial charge < -0.3 is 10.3 Å². The van der Waals surface area contributed by atoms with Crippen LogP contribution in [0.15, 0.2) is 40.5 Å². The summed E-state index contributed by atoms with van der Waals surface area (Å²) in [6.07, 6.45) is 0. The first-order valence-corrected chi connectivity index (χ1v) is 8.15. The van der Waals surface area contributed by atoms with Crippen molar-refractivity contribution in [1.82, 2.24) is 20.2 Å². The predicted molar refractivity (Wildman–Crippen MR) is 89.6 cm³/mol. The van der Waals surface area contributed by atoms with E-state index in [-0.39, 0.29) is 30.6 Å². The van der Waals surface area contributed by atoms with Crippen molar-refractivity contribution in [3.63, 3.8) is 0 Å². The first-order valence-electron chi connectivity index (χ1n) is 7.27. The van der Waals surface area contributed by atoms with E-state index < -0.39 is 0 Å². The van der Waals surface area contributed by atoms with Gasteiger partial charge in [0.05, 0.1) is 18.6 Å². The Balaban J connectivity index is 1.62. The molecule has 24 heavy (non-hydrogen) atoms. The fraction of sp³-hybridized carbons (Fsp3) is 0.125. The average Bonchev–Trinajstić information content (AvgIpc) is 3.18. The van der Waals surface area contributed by atoms with Gasteiger partial charge in [0, 0.05) is 5.56 Å². The number of aromatic nitrogens is 2. The number of amides is 3. The van der Waals surface area contributed by atoms with Gasteiger partial charge >= 0.3 is 6.03 Å². The third kappa shape index (κ3) is 2.46. The zero-order chi connectivity index (χ0) is 16.7. The van der Waals surface area contributed by atoms with Gasteiger partial charge in [-0.25, -0.2) is 9.78 Å². The maximum atomic E-state index is 12.0. The van der Waals surface area contributed by atoms with Gasteiger partial charge in [0.15, 0.2) is 0 Å². The van der Waals surface area contributed by atoms with Crippen molar-refractivity contribution in [3.8, 4) is 11.4 Å². The summed E-state index contributed by atoms with van der Waals surface area (Å²) in [5, 5.41) is 4.32. The maximum Gasteiger partial charge on any atom is 0.324 e. The standard InChI is InChI=1S/C16H12N4O3S/c21-12-7-17-16(23)20(12)8-9-1-3-10(4-2-9)14-18-11-5-6-24-13(11)15(22)19-14/h1-6H,7-8H2,(H,17,23)(H,18,19,22). The number of rotatable bonds is 3. The summed E-state index contributed by atoms with van der Waals surface area (Å²) in [5.74, 6) is 0.255. The van der Waals surface area contributed by atoms with Gasteiger partial charge in [-0.05, 0) is 17.0 Å². The lowest BCUT2D eigenvalue weighted by molar-refractivity contribution is -0.125. The average molecular weight is 340 g/mol. The Labute approximate surface area is 139 Å². The number of aromatic amines is 1. The van der Waals surface area contributed by atoms with Crippen molar-refractivity contribution >= 4 is 33.5 Å². The number of carbonyl (C=O) groups is 2. The second-order valence-electron chi connectivity index (χ2n) is 5.39. The molecule has 1 aromatic carbocycles. The molecule has 0 bridgehead atoms. The molecule has 120 valence electrons. The number of benzene rings is 1. The lowest BCUT2D eigenvalue weighted by atomic mass is 10.1. The van der Waals surface area contributed by atoms with Crippen LogP contribution in [0.25, 0.3) is 21.6 Å². The summed E-state index contributed by atoms with van der Waals surface area (Å²) in [5.41, 5.74) is 2.10.